The minimum absolute atomic E-state index is 0.217. The van der Waals surface area contributed by atoms with Crippen LogP contribution in [0.1, 0.15) is 98.8 Å². The maximum absolute atomic E-state index is 12.4. The van der Waals surface area contributed by atoms with Crippen LogP contribution in [-0.4, -0.2) is 28.2 Å². The van der Waals surface area contributed by atoms with Gasteiger partial charge >= 0.3 is 0 Å². The van der Waals surface area contributed by atoms with Crippen LogP contribution in [0, 0.1) is 52.3 Å². The van der Waals surface area contributed by atoms with Gasteiger partial charge in [0.2, 0.25) is 0 Å². The van der Waals surface area contributed by atoms with E-state index in [-0.39, 0.29) is 11.3 Å². The number of fused-ring (bicyclic) bond motifs is 5. The van der Waals surface area contributed by atoms with Gasteiger partial charge in [-0.1, -0.05) is 53.9 Å². The molecule has 0 aromatic heterocycles. The zero-order valence-electron chi connectivity index (χ0n) is 20.1. The van der Waals surface area contributed by atoms with Crippen LogP contribution in [0.15, 0.2) is 0 Å². The summed E-state index contributed by atoms with van der Waals surface area (Å²) >= 11 is 0. The molecular formula is C27H46O3. The van der Waals surface area contributed by atoms with Crippen molar-refractivity contribution in [2.75, 3.05) is 0 Å². The zero-order valence-corrected chi connectivity index (χ0v) is 20.1. The van der Waals surface area contributed by atoms with Crippen LogP contribution < -0.4 is 0 Å². The van der Waals surface area contributed by atoms with Crippen LogP contribution in [0.4, 0.5) is 0 Å². The van der Waals surface area contributed by atoms with Crippen LogP contribution in [0.3, 0.4) is 0 Å². The fourth-order valence-corrected chi connectivity index (χ4v) is 9.39. The summed E-state index contributed by atoms with van der Waals surface area (Å²) in [7, 11) is 0. The average molecular weight is 419 g/mol. The lowest BCUT2D eigenvalue weighted by Crippen LogP contribution is -2.54. The van der Waals surface area contributed by atoms with Gasteiger partial charge in [0.1, 0.15) is 6.29 Å². The van der Waals surface area contributed by atoms with Crippen LogP contribution in [0.2, 0.25) is 0 Å². The molecule has 10 atom stereocenters. The van der Waals surface area contributed by atoms with E-state index in [1.54, 1.807) is 0 Å². The van der Waals surface area contributed by atoms with E-state index in [4.69, 9.17) is 0 Å². The van der Waals surface area contributed by atoms with E-state index < -0.39 is 11.7 Å². The van der Waals surface area contributed by atoms with Crippen LogP contribution >= 0.6 is 0 Å². The smallest absolute Gasteiger partial charge is 0.126 e. The summed E-state index contributed by atoms with van der Waals surface area (Å²) in [6, 6.07) is 0. The molecule has 4 aliphatic carbocycles. The first-order valence-electron chi connectivity index (χ1n) is 12.9. The molecular weight excluding hydrogens is 372 g/mol. The first-order valence-corrected chi connectivity index (χ1v) is 12.9. The van der Waals surface area contributed by atoms with Crippen molar-refractivity contribution in [2.24, 2.45) is 52.3 Å². The second-order valence-corrected chi connectivity index (χ2v) is 12.7. The molecule has 4 saturated carbocycles. The summed E-state index contributed by atoms with van der Waals surface area (Å²) in [6.07, 6.45) is 11.5. The van der Waals surface area contributed by atoms with Crippen molar-refractivity contribution < 1.29 is 15.0 Å². The Morgan fingerprint density at radius 3 is 2.40 bits per heavy atom. The molecule has 0 aromatic rings. The summed E-state index contributed by atoms with van der Waals surface area (Å²) in [5.74, 6) is 3.25. The van der Waals surface area contributed by atoms with E-state index in [2.05, 4.69) is 34.6 Å². The number of aliphatic hydroxyl groups excluding tert-OH is 1. The minimum Gasteiger partial charge on any atom is -0.393 e. The number of aldehydes is 1. The Hall–Kier alpha value is -0.410. The third-order valence-corrected chi connectivity index (χ3v) is 11.0. The average Bonchev–Trinajstić information content (AvgIpc) is 3.11. The van der Waals surface area contributed by atoms with E-state index in [0.717, 1.165) is 43.3 Å². The normalized spacial score (nSPS) is 51.3. The lowest BCUT2D eigenvalue weighted by molar-refractivity contribution is -0.156. The predicted octanol–water partition coefficient (Wildman–Crippen LogP) is 5.62. The number of hydrogen-bond donors (Lipinski definition) is 2. The summed E-state index contributed by atoms with van der Waals surface area (Å²) in [6.45, 7) is 11.9. The fourth-order valence-electron chi connectivity index (χ4n) is 9.39. The van der Waals surface area contributed by atoms with E-state index >= 15 is 0 Å². The number of aliphatic hydroxyl groups is 2. The molecule has 30 heavy (non-hydrogen) atoms. The number of carbonyl (C=O) groups is 1. The second-order valence-electron chi connectivity index (χ2n) is 12.7. The van der Waals surface area contributed by atoms with Gasteiger partial charge in [-0.15, -0.1) is 0 Å². The third-order valence-electron chi connectivity index (χ3n) is 11.0. The third kappa shape index (κ3) is 3.16. The minimum atomic E-state index is -1.02. The van der Waals surface area contributed by atoms with Gasteiger partial charge in [0.15, 0.2) is 0 Å². The topological polar surface area (TPSA) is 57.5 Å². The molecule has 4 aliphatic rings. The van der Waals surface area contributed by atoms with Gasteiger partial charge < -0.3 is 15.0 Å². The highest BCUT2D eigenvalue weighted by atomic mass is 16.3. The molecule has 0 heterocycles. The molecule has 1 unspecified atom stereocenters. The van der Waals surface area contributed by atoms with Gasteiger partial charge in [-0.05, 0) is 79.4 Å². The van der Waals surface area contributed by atoms with Crippen LogP contribution in [-0.2, 0) is 4.79 Å². The quantitative estimate of drug-likeness (QED) is 0.551. The fraction of sp³-hybridized carbons (Fsp3) is 0.963. The van der Waals surface area contributed by atoms with Gasteiger partial charge in [-0.2, -0.15) is 0 Å². The van der Waals surface area contributed by atoms with Crippen molar-refractivity contribution in [3.05, 3.63) is 0 Å². The molecule has 3 nitrogen and oxygen atoms in total. The van der Waals surface area contributed by atoms with Crippen molar-refractivity contribution in [1.29, 1.82) is 0 Å². The second kappa shape index (κ2) is 7.87. The lowest BCUT2D eigenvalue weighted by atomic mass is 9.53. The monoisotopic (exact) mass is 418 g/mol. The van der Waals surface area contributed by atoms with Crippen molar-refractivity contribution in [3.63, 3.8) is 0 Å². The zero-order chi connectivity index (χ0) is 21.9. The molecule has 0 aliphatic heterocycles. The van der Waals surface area contributed by atoms with Crippen LogP contribution in [0.25, 0.3) is 0 Å². The van der Waals surface area contributed by atoms with Gasteiger partial charge in [0, 0.05) is 17.8 Å². The maximum atomic E-state index is 12.4. The highest BCUT2D eigenvalue weighted by Gasteiger charge is 2.72. The van der Waals surface area contributed by atoms with E-state index in [1.165, 1.54) is 38.5 Å². The summed E-state index contributed by atoms with van der Waals surface area (Å²) in [5, 5.41) is 22.3. The number of rotatable bonds is 6. The molecule has 0 amide bonds. The van der Waals surface area contributed by atoms with E-state index in [0.29, 0.717) is 29.6 Å². The molecule has 3 heteroatoms. The Bertz CT molecular complexity index is 646. The molecule has 0 saturated heterocycles. The highest BCUT2D eigenvalue weighted by molar-refractivity contribution is 5.59. The van der Waals surface area contributed by atoms with Crippen molar-refractivity contribution in [2.45, 2.75) is 111 Å². The Balaban J connectivity index is 1.59. The van der Waals surface area contributed by atoms with Crippen LogP contribution in [0.5, 0.6) is 0 Å². The summed E-state index contributed by atoms with van der Waals surface area (Å²) in [5.41, 5.74) is -0.933. The molecule has 172 valence electrons. The molecule has 0 spiro atoms. The van der Waals surface area contributed by atoms with Gasteiger partial charge in [-0.3, -0.25) is 0 Å². The standard InChI is InChI=1S/C27H46O3/c1-17(2)7-6-8-18(3)20-9-10-21-24-22(12-13-25(20,21)4)26(5)14-11-19(29)15-27(26,30)23(24)16-28/h16-24,29-30H,6-15H2,1-5H3/t18-,19+,20-,21+,22+,23-,24+,25-,26-,27?/m1/s1. The Morgan fingerprint density at radius 1 is 1.00 bits per heavy atom. The first-order chi connectivity index (χ1) is 14.1. The molecule has 4 fully saturated rings. The molecule has 0 radical (unpaired) electrons. The maximum Gasteiger partial charge on any atom is 0.126 e. The highest BCUT2D eigenvalue weighted by Crippen LogP contribution is 2.72. The predicted molar refractivity (Wildman–Crippen MR) is 121 cm³/mol. The largest absolute Gasteiger partial charge is 0.393 e. The summed E-state index contributed by atoms with van der Waals surface area (Å²) in [4.78, 5) is 12.4. The Morgan fingerprint density at radius 2 is 1.73 bits per heavy atom. The van der Waals surface area contributed by atoms with Crippen molar-refractivity contribution >= 4 is 6.29 Å². The summed E-state index contributed by atoms with van der Waals surface area (Å²) < 4.78 is 0. The SMILES string of the molecule is CC(C)CCC[C@@H](C)[C@H]1CC[C@H]2[C@@H]3[C@@H](C=O)C4(O)C[C@@H](O)CC[C@]4(C)[C@H]3CC[C@]12C. The van der Waals surface area contributed by atoms with E-state index in [9.17, 15) is 15.0 Å². The Kier molecular flexibility index (Phi) is 5.97. The Labute approximate surface area is 184 Å². The van der Waals surface area contributed by atoms with Gasteiger partial charge in [0.25, 0.3) is 0 Å². The van der Waals surface area contributed by atoms with E-state index in [1.807, 2.05) is 0 Å². The van der Waals surface area contributed by atoms with Crippen molar-refractivity contribution in [3.8, 4) is 0 Å². The molecule has 4 rings (SSSR count). The van der Waals surface area contributed by atoms with Crippen molar-refractivity contribution in [1.82, 2.24) is 0 Å². The lowest BCUT2D eigenvalue weighted by Gasteiger charge is -2.52. The van der Waals surface area contributed by atoms with Gasteiger partial charge in [-0.25, -0.2) is 0 Å². The molecule has 2 N–H and O–H groups in total. The number of hydrogen-bond acceptors (Lipinski definition) is 3. The molecule has 0 aromatic carbocycles. The molecule has 0 bridgehead atoms. The first kappa shape index (κ1) is 22.8. The number of carbonyl (C=O) groups excluding carboxylic acids is 1. The van der Waals surface area contributed by atoms with Gasteiger partial charge in [0.05, 0.1) is 11.7 Å².